The topological polar surface area (TPSA) is 20.2 Å². The van der Waals surface area contributed by atoms with Crippen LogP contribution in [-0.2, 0) is 0 Å². The van der Waals surface area contributed by atoms with Gasteiger partial charge in [-0.15, -0.1) is 0 Å². The summed E-state index contributed by atoms with van der Waals surface area (Å²) >= 11 is 0. The van der Waals surface area contributed by atoms with E-state index in [0.717, 1.165) is 12.8 Å². The highest BCUT2D eigenvalue weighted by molar-refractivity contribution is 4.87. The van der Waals surface area contributed by atoms with Gasteiger partial charge in [-0.2, -0.15) is 13.2 Å². The third-order valence-corrected chi connectivity index (χ3v) is 2.46. The van der Waals surface area contributed by atoms with E-state index in [4.69, 9.17) is 0 Å². The van der Waals surface area contributed by atoms with Crippen LogP contribution in [0.5, 0.6) is 0 Å². The third kappa shape index (κ3) is 1.91. The Bertz CT molecular complexity index is 145. The lowest BCUT2D eigenvalue weighted by atomic mass is 9.94. The molecule has 1 nitrogen and oxygen atoms in total. The quantitative estimate of drug-likeness (QED) is 0.571. The first kappa shape index (κ1) is 9.84. The number of rotatable bonds is 0. The van der Waals surface area contributed by atoms with Crippen LogP contribution in [0.4, 0.5) is 13.2 Å². The Hall–Kier alpha value is -0.250. The minimum absolute atomic E-state index is 0.128. The van der Waals surface area contributed by atoms with E-state index in [0.29, 0.717) is 12.8 Å². The van der Waals surface area contributed by atoms with Crippen LogP contribution in [0, 0.1) is 0 Å². The van der Waals surface area contributed by atoms with Crippen LogP contribution < -0.4 is 0 Å². The fourth-order valence-electron chi connectivity index (χ4n) is 1.60. The Labute approximate surface area is 69.6 Å². The summed E-state index contributed by atoms with van der Waals surface area (Å²) in [5.41, 5.74) is -2.40. The summed E-state index contributed by atoms with van der Waals surface area (Å²) in [4.78, 5) is 0. The highest BCUT2D eigenvalue weighted by Crippen LogP contribution is 2.40. The number of aliphatic hydroxyl groups is 1. The number of halogens is 3. The molecule has 0 aliphatic heterocycles. The van der Waals surface area contributed by atoms with Crippen molar-refractivity contribution in [3.05, 3.63) is 0 Å². The molecule has 0 saturated heterocycles. The zero-order chi connectivity index (χ0) is 9.24. The van der Waals surface area contributed by atoms with Crippen molar-refractivity contribution in [2.45, 2.75) is 50.3 Å². The van der Waals surface area contributed by atoms with E-state index in [-0.39, 0.29) is 12.8 Å². The van der Waals surface area contributed by atoms with Crippen LogP contribution in [0.15, 0.2) is 0 Å². The van der Waals surface area contributed by atoms with Gasteiger partial charge in [-0.25, -0.2) is 0 Å². The lowest BCUT2D eigenvalue weighted by Gasteiger charge is -2.28. The van der Waals surface area contributed by atoms with E-state index in [1.54, 1.807) is 0 Å². The Balaban J connectivity index is 2.67. The molecule has 1 rings (SSSR count). The zero-order valence-electron chi connectivity index (χ0n) is 6.82. The first-order chi connectivity index (χ1) is 5.46. The second-order valence-electron chi connectivity index (χ2n) is 3.44. The van der Waals surface area contributed by atoms with Crippen molar-refractivity contribution in [1.29, 1.82) is 0 Å². The molecule has 72 valence electrons. The molecule has 1 fully saturated rings. The van der Waals surface area contributed by atoms with Crippen molar-refractivity contribution >= 4 is 0 Å². The standard InChI is InChI=1S/C8H13F3O/c9-8(10,11)7(12)5-3-1-2-4-6-7/h12H,1-6H2. The minimum atomic E-state index is -4.45. The molecule has 1 saturated carbocycles. The molecular formula is C8H13F3O. The van der Waals surface area contributed by atoms with Crippen LogP contribution >= 0.6 is 0 Å². The fraction of sp³-hybridized carbons (Fsp3) is 1.00. The van der Waals surface area contributed by atoms with Crippen LogP contribution in [0.1, 0.15) is 38.5 Å². The molecule has 0 aromatic heterocycles. The molecule has 4 heteroatoms. The maximum absolute atomic E-state index is 12.3. The van der Waals surface area contributed by atoms with Crippen molar-refractivity contribution in [2.75, 3.05) is 0 Å². The molecule has 0 amide bonds. The lowest BCUT2D eigenvalue weighted by molar-refractivity contribution is -0.264. The molecule has 1 aliphatic rings. The molecular weight excluding hydrogens is 169 g/mol. The third-order valence-electron chi connectivity index (χ3n) is 2.46. The molecule has 0 heterocycles. The Morgan fingerprint density at radius 3 is 1.67 bits per heavy atom. The Morgan fingerprint density at radius 1 is 0.917 bits per heavy atom. The van der Waals surface area contributed by atoms with Crippen LogP contribution in [-0.4, -0.2) is 16.9 Å². The van der Waals surface area contributed by atoms with Gasteiger partial charge in [0.05, 0.1) is 0 Å². The molecule has 1 N–H and O–H groups in total. The predicted molar refractivity (Wildman–Crippen MR) is 38.7 cm³/mol. The molecule has 0 unspecified atom stereocenters. The van der Waals surface area contributed by atoms with Gasteiger partial charge in [-0.05, 0) is 12.8 Å². The van der Waals surface area contributed by atoms with Crippen LogP contribution in [0.3, 0.4) is 0 Å². The number of alkyl halides is 3. The Morgan fingerprint density at radius 2 is 1.33 bits per heavy atom. The summed E-state index contributed by atoms with van der Waals surface area (Å²) in [7, 11) is 0. The molecule has 12 heavy (non-hydrogen) atoms. The van der Waals surface area contributed by atoms with Gasteiger partial charge in [0, 0.05) is 0 Å². The summed E-state index contributed by atoms with van der Waals surface area (Å²) in [5, 5.41) is 9.26. The summed E-state index contributed by atoms with van der Waals surface area (Å²) in [6.45, 7) is 0. The molecule has 0 aromatic rings. The van der Waals surface area contributed by atoms with Gasteiger partial charge in [0.25, 0.3) is 0 Å². The van der Waals surface area contributed by atoms with Crippen molar-refractivity contribution in [3.63, 3.8) is 0 Å². The summed E-state index contributed by atoms with van der Waals surface area (Å²) in [6.07, 6.45) is -2.13. The number of hydrogen-bond acceptors (Lipinski definition) is 1. The minimum Gasteiger partial charge on any atom is -0.380 e. The first-order valence-corrected chi connectivity index (χ1v) is 4.25. The smallest absolute Gasteiger partial charge is 0.380 e. The number of hydrogen-bond donors (Lipinski definition) is 1. The average molecular weight is 182 g/mol. The molecule has 0 radical (unpaired) electrons. The Kier molecular flexibility index (Phi) is 2.66. The van der Waals surface area contributed by atoms with Gasteiger partial charge in [0.2, 0.25) is 0 Å². The van der Waals surface area contributed by atoms with E-state index in [2.05, 4.69) is 0 Å². The normalized spacial score (nSPS) is 25.0. The van der Waals surface area contributed by atoms with E-state index < -0.39 is 11.8 Å². The molecule has 1 aliphatic carbocycles. The van der Waals surface area contributed by atoms with E-state index in [9.17, 15) is 18.3 Å². The van der Waals surface area contributed by atoms with Gasteiger partial charge >= 0.3 is 6.18 Å². The summed E-state index contributed by atoms with van der Waals surface area (Å²) in [5.74, 6) is 0. The van der Waals surface area contributed by atoms with Crippen molar-refractivity contribution < 1.29 is 18.3 Å². The maximum atomic E-state index is 12.3. The lowest BCUT2D eigenvalue weighted by Crippen LogP contribution is -2.44. The van der Waals surface area contributed by atoms with Crippen LogP contribution in [0.25, 0.3) is 0 Å². The molecule has 0 aromatic carbocycles. The highest BCUT2D eigenvalue weighted by Gasteiger charge is 2.52. The van der Waals surface area contributed by atoms with Gasteiger partial charge in [0.1, 0.15) is 0 Å². The fourth-order valence-corrected chi connectivity index (χ4v) is 1.60. The maximum Gasteiger partial charge on any atom is 0.417 e. The molecule has 0 atom stereocenters. The van der Waals surface area contributed by atoms with Crippen LogP contribution in [0.2, 0.25) is 0 Å². The largest absolute Gasteiger partial charge is 0.417 e. The van der Waals surface area contributed by atoms with Crippen molar-refractivity contribution in [2.24, 2.45) is 0 Å². The monoisotopic (exact) mass is 182 g/mol. The summed E-state index contributed by atoms with van der Waals surface area (Å²) in [6, 6.07) is 0. The van der Waals surface area contributed by atoms with E-state index in [1.807, 2.05) is 0 Å². The predicted octanol–water partition coefficient (Wildman–Crippen LogP) is 2.63. The van der Waals surface area contributed by atoms with Crippen molar-refractivity contribution in [1.82, 2.24) is 0 Å². The molecule has 0 spiro atoms. The summed E-state index contributed by atoms with van der Waals surface area (Å²) < 4.78 is 36.8. The van der Waals surface area contributed by atoms with E-state index >= 15 is 0 Å². The second kappa shape index (κ2) is 3.24. The SMILES string of the molecule is OC1(C(F)(F)F)CCCCCC1. The zero-order valence-corrected chi connectivity index (χ0v) is 6.82. The van der Waals surface area contributed by atoms with Gasteiger partial charge in [-0.3, -0.25) is 0 Å². The highest BCUT2D eigenvalue weighted by atomic mass is 19.4. The van der Waals surface area contributed by atoms with Crippen molar-refractivity contribution in [3.8, 4) is 0 Å². The van der Waals surface area contributed by atoms with Gasteiger partial charge in [0.15, 0.2) is 5.60 Å². The van der Waals surface area contributed by atoms with Gasteiger partial charge < -0.3 is 5.11 Å². The first-order valence-electron chi connectivity index (χ1n) is 4.25. The van der Waals surface area contributed by atoms with Gasteiger partial charge in [-0.1, -0.05) is 25.7 Å². The average Bonchev–Trinajstić information content (AvgIpc) is 2.12. The van der Waals surface area contributed by atoms with E-state index in [1.165, 1.54) is 0 Å². The molecule has 0 bridgehead atoms. The second-order valence-corrected chi connectivity index (χ2v) is 3.44.